The van der Waals surface area contributed by atoms with Crippen molar-refractivity contribution < 1.29 is 0 Å². The molecule has 1 heterocycles. The van der Waals surface area contributed by atoms with Crippen LogP contribution in [0.1, 0.15) is 16.7 Å². The van der Waals surface area contributed by atoms with E-state index < -0.39 is 0 Å². The van der Waals surface area contributed by atoms with E-state index in [9.17, 15) is 0 Å². The van der Waals surface area contributed by atoms with E-state index >= 15 is 0 Å². The summed E-state index contributed by atoms with van der Waals surface area (Å²) in [6.07, 6.45) is 0. The molecule has 2 aromatic carbocycles. The Hall–Kier alpha value is -3.31. The summed E-state index contributed by atoms with van der Waals surface area (Å²) < 4.78 is 1.78. The largest absolute Gasteiger partial charge is 0.369 e. The number of aromatic nitrogens is 2. The van der Waals surface area contributed by atoms with Crippen molar-refractivity contribution in [3.63, 3.8) is 0 Å². The van der Waals surface area contributed by atoms with Crippen LogP contribution in [-0.2, 0) is 0 Å². The quantitative estimate of drug-likeness (QED) is 0.737. The zero-order valence-corrected chi connectivity index (χ0v) is 11.3. The topological polar surface area (TPSA) is 91.4 Å². The fraction of sp³-hybridized carbons (Fsp3) is 0.0625. The summed E-state index contributed by atoms with van der Waals surface area (Å²) in [5.41, 5.74) is 10.2. The first-order chi connectivity index (χ1) is 10.1. The highest BCUT2D eigenvalue weighted by molar-refractivity contribution is 5.81. The number of anilines is 1. The Morgan fingerprint density at radius 1 is 1.05 bits per heavy atom. The number of nitrogen functional groups attached to an aromatic ring is 1. The number of nitrogens with zero attached hydrogens (tertiary/aromatic N) is 4. The number of hydrogen-bond acceptors (Lipinski definition) is 4. The molecule has 0 fully saturated rings. The van der Waals surface area contributed by atoms with Gasteiger partial charge in [0.05, 0.1) is 27.8 Å². The molecule has 3 rings (SSSR count). The van der Waals surface area contributed by atoms with Gasteiger partial charge in [-0.1, -0.05) is 6.07 Å². The summed E-state index contributed by atoms with van der Waals surface area (Å²) in [7, 11) is 0. The first-order valence-corrected chi connectivity index (χ1v) is 6.33. The minimum Gasteiger partial charge on any atom is -0.369 e. The molecule has 3 aromatic rings. The molecule has 0 aliphatic heterocycles. The molecule has 5 nitrogen and oxygen atoms in total. The lowest BCUT2D eigenvalue weighted by atomic mass is 10.1. The average Bonchev–Trinajstić information content (AvgIpc) is 2.81. The van der Waals surface area contributed by atoms with Crippen molar-refractivity contribution in [3.8, 4) is 17.8 Å². The maximum Gasteiger partial charge on any atom is 0.205 e. The number of aryl methyl sites for hydroxylation is 1. The van der Waals surface area contributed by atoms with Crippen molar-refractivity contribution in [2.45, 2.75) is 6.92 Å². The fourth-order valence-electron chi connectivity index (χ4n) is 2.34. The minimum atomic E-state index is 0.323. The summed E-state index contributed by atoms with van der Waals surface area (Å²) in [5, 5.41) is 18.1. The van der Waals surface area contributed by atoms with Crippen LogP contribution in [0.5, 0.6) is 0 Å². The van der Waals surface area contributed by atoms with Gasteiger partial charge in [-0.25, -0.2) is 4.98 Å². The summed E-state index contributed by atoms with van der Waals surface area (Å²) in [6.45, 7) is 1.99. The molecular weight excluding hydrogens is 262 g/mol. The van der Waals surface area contributed by atoms with E-state index in [1.165, 1.54) is 0 Å². The highest BCUT2D eigenvalue weighted by Crippen LogP contribution is 2.25. The van der Waals surface area contributed by atoms with Crippen molar-refractivity contribution >= 4 is 17.0 Å². The molecule has 21 heavy (non-hydrogen) atoms. The molecule has 5 heteroatoms. The number of imidazole rings is 1. The smallest absolute Gasteiger partial charge is 0.205 e. The van der Waals surface area contributed by atoms with Crippen LogP contribution < -0.4 is 5.73 Å². The van der Waals surface area contributed by atoms with E-state index in [1.54, 1.807) is 22.8 Å². The van der Waals surface area contributed by atoms with Crippen LogP contribution in [0.3, 0.4) is 0 Å². The standard InChI is InChI=1S/C16H11N5/c1-10-2-5-14-15(6-10)21(16(19)20-14)13-4-3-11(8-17)12(7-13)9-18/h2-7H,1H3,(H2,19,20). The normalized spacial score (nSPS) is 10.2. The minimum absolute atomic E-state index is 0.323. The molecule has 0 radical (unpaired) electrons. The van der Waals surface area contributed by atoms with E-state index in [0.717, 1.165) is 22.3 Å². The third-order valence-corrected chi connectivity index (χ3v) is 3.34. The molecule has 0 unspecified atom stereocenters. The van der Waals surface area contributed by atoms with Crippen LogP contribution in [0.2, 0.25) is 0 Å². The number of nitrogens with two attached hydrogens (primary N) is 1. The predicted octanol–water partition coefficient (Wildman–Crippen LogP) is 2.66. The van der Waals surface area contributed by atoms with Crippen molar-refractivity contribution in [3.05, 3.63) is 53.1 Å². The third-order valence-electron chi connectivity index (χ3n) is 3.34. The molecule has 0 bridgehead atoms. The molecule has 0 atom stereocenters. The molecule has 0 aliphatic carbocycles. The first kappa shape index (κ1) is 12.7. The Morgan fingerprint density at radius 3 is 2.52 bits per heavy atom. The predicted molar refractivity (Wildman–Crippen MR) is 79.6 cm³/mol. The maximum absolute atomic E-state index is 9.14. The van der Waals surface area contributed by atoms with E-state index in [0.29, 0.717) is 17.1 Å². The van der Waals surface area contributed by atoms with E-state index in [4.69, 9.17) is 16.3 Å². The second-order valence-electron chi connectivity index (χ2n) is 4.75. The van der Waals surface area contributed by atoms with E-state index in [-0.39, 0.29) is 0 Å². The van der Waals surface area contributed by atoms with Crippen molar-refractivity contribution in [2.75, 3.05) is 5.73 Å². The summed E-state index contributed by atoms with van der Waals surface area (Å²) in [6, 6.07) is 14.9. The van der Waals surface area contributed by atoms with Crippen LogP contribution in [0.4, 0.5) is 5.95 Å². The number of fused-ring (bicyclic) bond motifs is 1. The monoisotopic (exact) mass is 273 g/mol. The highest BCUT2D eigenvalue weighted by atomic mass is 15.2. The van der Waals surface area contributed by atoms with Gasteiger partial charge in [-0.15, -0.1) is 0 Å². The molecule has 100 valence electrons. The Morgan fingerprint density at radius 2 is 1.81 bits per heavy atom. The highest BCUT2D eigenvalue weighted by Gasteiger charge is 2.12. The van der Waals surface area contributed by atoms with Crippen LogP contribution >= 0.6 is 0 Å². The molecule has 2 N–H and O–H groups in total. The SMILES string of the molecule is Cc1ccc2nc(N)n(-c3ccc(C#N)c(C#N)c3)c2c1. The van der Waals surface area contributed by atoms with Gasteiger partial charge in [-0.05, 0) is 42.8 Å². The second-order valence-corrected chi connectivity index (χ2v) is 4.75. The lowest BCUT2D eigenvalue weighted by Gasteiger charge is -2.08. The zero-order valence-electron chi connectivity index (χ0n) is 11.3. The van der Waals surface area contributed by atoms with Gasteiger partial charge in [0.25, 0.3) is 0 Å². The van der Waals surface area contributed by atoms with Crippen molar-refractivity contribution in [1.82, 2.24) is 9.55 Å². The molecule has 0 aliphatic rings. The van der Waals surface area contributed by atoms with Gasteiger partial charge in [0.2, 0.25) is 5.95 Å². The summed E-state index contributed by atoms with van der Waals surface area (Å²) in [4.78, 5) is 4.32. The third kappa shape index (κ3) is 1.98. The Labute approximate surface area is 121 Å². The molecule has 1 aromatic heterocycles. The molecule has 0 saturated carbocycles. The van der Waals surface area contributed by atoms with Gasteiger partial charge in [-0.3, -0.25) is 4.57 Å². The van der Waals surface area contributed by atoms with Crippen molar-refractivity contribution in [2.24, 2.45) is 0 Å². The average molecular weight is 273 g/mol. The fourth-order valence-corrected chi connectivity index (χ4v) is 2.34. The lowest BCUT2D eigenvalue weighted by Crippen LogP contribution is -2.01. The van der Waals surface area contributed by atoms with Gasteiger partial charge in [0.1, 0.15) is 12.1 Å². The number of rotatable bonds is 1. The molecule has 0 saturated heterocycles. The van der Waals surface area contributed by atoms with E-state index in [2.05, 4.69) is 4.98 Å². The van der Waals surface area contributed by atoms with Crippen LogP contribution in [0, 0.1) is 29.6 Å². The molecule has 0 amide bonds. The van der Waals surface area contributed by atoms with Gasteiger partial charge in [0.15, 0.2) is 0 Å². The Balaban J connectivity index is 2.31. The molecule has 0 spiro atoms. The van der Waals surface area contributed by atoms with Gasteiger partial charge < -0.3 is 5.73 Å². The lowest BCUT2D eigenvalue weighted by molar-refractivity contribution is 1.11. The first-order valence-electron chi connectivity index (χ1n) is 6.33. The van der Waals surface area contributed by atoms with Gasteiger partial charge in [0, 0.05) is 0 Å². The number of hydrogen-bond donors (Lipinski definition) is 1. The van der Waals surface area contributed by atoms with Gasteiger partial charge >= 0.3 is 0 Å². The van der Waals surface area contributed by atoms with Crippen LogP contribution in [0.15, 0.2) is 36.4 Å². The summed E-state index contributed by atoms with van der Waals surface area (Å²) in [5.74, 6) is 0.351. The Kier molecular flexibility index (Phi) is 2.82. The number of benzene rings is 2. The summed E-state index contributed by atoms with van der Waals surface area (Å²) >= 11 is 0. The van der Waals surface area contributed by atoms with Crippen molar-refractivity contribution in [1.29, 1.82) is 10.5 Å². The second kappa shape index (κ2) is 4.66. The van der Waals surface area contributed by atoms with Crippen LogP contribution in [0.25, 0.3) is 16.7 Å². The van der Waals surface area contributed by atoms with Gasteiger partial charge in [-0.2, -0.15) is 10.5 Å². The number of nitriles is 2. The Bertz CT molecular complexity index is 938. The molecular formula is C16H11N5. The zero-order chi connectivity index (χ0) is 15.0. The van der Waals surface area contributed by atoms with E-state index in [1.807, 2.05) is 37.3 Å². The maximum atomic E-state index is 9.14. The van der Waals surface area contributed by atoms with Crippen LogP contribution in [-0.4, -0.2) is 9.55 Å².